The molecule has 3 aromatic heterocycles. The van der Waals surface area contributed by atoms with Crippen LogP contribution >= 0.6 is 11.6 Å². The Morgan fingerprint density at radius 1 is 1.28 bits per heavy atom. The van der Waals surface area contributed by atoms with E-state index in [1.807, 2.05) is 35.7 Å². The fourth-order valence-electron chi connectivity index (χ4n) is 1.97. The normalized spacial score (nSPS) is 11.0. The third-order valence-electron chi connectivity index (χ3n) is 2.80. The summed E-state index contributed by atoms with van der Waals surface area (Å²) in [6.45, 7) is 1.97. The van der Waals surface area contributed by atoms with Crippen molar-refractivity contribution in [2.75, 3.05) is 5.73 Å². The number of hydrogen-bond acceptors (Lipinski definition) is 3. The molecular formula is C13H11ClN4. The first-order valence-electron chi connectivity index (χ1n) is 5.51. The summed E-state index contributed by atoms with van der Waals surface area (Å²) in [5, 5.41) is 0.599. The molecule has 0 radical (unpaired) electrons. The lowest BCUT2D eigenvalue weighted by Gasteiger charge is -2.00. The van der Waals surface area contributed by atoms with Crippen LogP contribution in [0.1, 0.15) is 5.56 Å². The summed E-state index contributed by atoms with van der Waals surface area (Å²) in [5.74, 6) is 0.585. The lowest BCUT2D eigenvalue weighted by atomic mass is 10.2. The molecule has 0 spiro atoms. The number of imidazole rings is 1. The molecule has 0 aromatic carbocycles. The van der Waals surface area contributed by atoms with Gasteiger partial charge >= 0.3 is 0 Å². The van der Waals surface area contributed by atoms with Gasteiger partial charge in [0.25, 0.3) is 0 Å². The molecule has 0 aliphatic carbocycles. The zero-order valence-corrected chi connectivity index (χ0v) is 10.5. The minimum Gasteiger partial charge on any atom is -0.383 e. The van der Waals surface area contributed by atoms with E-state index in [-0.39, 0.29) is 0 Å². The van der Waals surface area contributed by atoms with Crippen LogP contribution in [0.3, 0.4) is 0 Å². The van der Waals surface area contributed by atoms with Gasteiger partial charge in [-0.25, -0.2) is 4.98 Å². The highest BCUT2D eigenvalue weighted by Gasteiger charge is 2.13. The number of nitrogen functional groups attached to an aromatic ring is 1. The molecule has 0 atom stereocenters. The van der Waals surface area contributed by atoms with Gasteiger partial charge in [0.05, 0.1) is 5.02 Å². The molecule has 3 aromatic rings. The van der Waals surface area contributed by atoms with Crippen molar-refractivity contribution in [2.24, 2.45) is 0 Å². The smallest absolute Gasteiger partial charge is 0.157 e. The number of nitrogens with two attached hydrogens (primary N) is 1. The van der Waals surface area contributed by atoms with E-state index in [0.29, 0.717) is 16.5 Å². The Balaban J connectivity index is 2.33. The average molecular weight is 259 g/mol. The number of halogens is 1. The van der Waals surface area contributed by atoms with Gasteiger partial charge in [0.1, 0.15) is 11.5 Å². The number of anilines is 1. The van der Waals surface area contributed by atoms with Gasteiger partial charge in [0, 0.05) is 24.2 Å². The highest BCUT2D eigenvalue weighted by Crippen LogP contribution is 2.29. The van der Waals surface area contributed by atoms with E-state index in [0.717, 1.165) is 16.8 Å². The summed E-state index contributed by atoms with van der Waals surface area (Å²) >= 11 is 6.18. The third-order valence-corrected chi connectivity index (χ3v) is 3.08. The maximum absolute atomic E-state index is 6.18. The molecule has 90 valence electrons. The zero-order valence-electron chi connectivity index (χ0n) is 9.76. The van der Waals surface area contributed by atoms with E-state index in [2.05, 4.69) is 9.97 Å². The highest BCUT2D eigenvalue weighted by molar-refractivity contribution is 6.33. The van der Waals surface area contributed by atoms with Crippen molar-refractivity contribution in [1.82, 2.24) is 14.4 Å². The Morgan fingerprint density at radius 3 is 2.72 bits per heavy atom. The minimum absolute atomic E-state index is 0.585. The quantitative estimate of drug-likeness (QED) is 0.730. The van der Waals surface area contributed by atoms with Crippen molar-refractivity contribution in [3.05, 3.63) is 47.4 Å². The number of aromatic nitrogens is 3. The van der Waals surface area contributed by atoms with Gasteiger partial charge in [-0.3, -0.25) is 9.38 Å². The first kappa shape index (κ1) is 11.0. The Kier molecular flexibility index (Phi) is 2.45. The third kappa shape index (κ3) is 1.62. The van der Waals surface area contributed by atoms with Gasteiger partial charge in [-0.2, -0.15) is 0 Å². The highest BCUT2D eigenvalue weighted by atomic mass is 35.5. The molecule has 18 heavy (non-hydrogen) atoms. The number of hydrogen-bond donors (Lipinski definition) is 1. The molecule has 4 nitrogen and oxygen atoms in total. The van der Waals surface area contributed by atoms with Crippen LogP contribution in [0.15, 0.2) is 36.8 Å². The molecule has 0 saturated carbocycles. The fourth-order valence-corrected chi connectivity index (χ4v) is 2.28. The van der Waals surface area contributed by atoms with Crippen LogP contribution in [0.5, 0.6) is 0 Å². The van der Waals surface area contributed by atoms with E-state index < -0.39 is 0 Å². The Morgan fingerprint density at radius 2 is 2.00 bits per heavy atom. The summed E-state index contributed by atoms with van der Waals surface area (Å²) in [7, 11) is 0. The molecule has 0 bridgehead atoms. The Hall–Kier alpha value is -2.07. The van der Waals surface area contributed by atoms with Crippen LogP contribution in [-0.2, 0) is 0 Å². The zero-order chi connectivity index (χ0) is 12.7. The second-order valence-corrected chi connectivity index (χ2v) is 4.55. The molecule has 0 aliphatic rings. The van der Waals surface area contributed by atoms with Crippen molar-refractivity contribution >= 4 is 23.1 Å². The van der Waals surface area contributed by atoms with Gasteiger partial charge < -0.3 is 5.73 Å². The summed E-state index contributed by atoms with van der Waals surface area (Å²) in [6, 6.07) is 5.62. The lowest BCUT2D eigenvalue weighted by molar-refractivity contribution is 1.16. The van der Waals surface area contributed by atoms with Gasteiger partial charge in [-0.1, -0.05) is 11.6 Å². The number of rotatable bonds is 1. The van der Waals surface area contributed by atoms with Gasteiger partial charge in [0.2, 0.25) is 0 Å². The summed E-state index contributed by atoms with van der Waals surface area (Å²) in [5.41, 5.74) is 9.50. The largest absolute Gasteiger partial charge is 0.383 e. The van der Waals surface area contributed by atoms with E-state index in [1.165, 1.54) is 0 Å². The first-order valence-corrected chi connectivity index (χ1v) is 5.88. The van der Waals surface area contributed by atoms with E-state index in [9.17, 15) is 0 Å². The van der Waals surface area contributed by atoms with Crippen LogP contribution in [0.4, 0.5) is 5.82 Å². The molecule has 2 N–H and O–H groups in total. The van der Waals surface area contributed by atoms with E-state index in [1.54, 1.807) is 12.4 Å². The summed E-state index contributed by atoms with van der Waals surface area (Å²) in [4.78, 5) is 8.49. The van der Waals surface area contributed by atoms with Gasteiger partial charge in [0.15, 0.2) is 5.65 Å². The van der Waals surface area contributed by atoms with Gasteiger partial charge in [-0.05, 0) is 30.7 Å². The van der Waals surface area contributed by atoms with E-state index in [4.69, 9.17) is 17.3 Å². The summed E-state index contributed by atoms with van der Waals surface area (Å²) < 4.78 is 1.81. The second-order valence-electron chi connectivity index (χ2n) is 4.14. The molecule has 5 heteroatoms. The molecule has 0 fully saturated rings. The predicted octanol–water partition coefficient (Wildman–Crippen LogP) is 2.94. The molecular weight excluding hydrogens is 248 g/mol. The van der Waals surface area contributed by atoms with Crippen LogP contribution < -0.4 is 5.73 Å². The number of pyridine rings is 2. The standard InChI is InChI=1S/C13H11ClN4/c1-8-6-10(14)13-17-11(12(15)18(13)7-8)9-2-4-16-5-3-9/h2-7H,15H2,1H3. The molecule has 3 heterocycles. The SMILES string of the molecule is Cc1cc(Cl)c2nc(-c3ccncc3)c(N)n2c1. The monoisotopic (exact) mass is 258 g/mol. The molecule has 0 amide bonds. The first-order chi connectivity index (χ1) is 8.66. The lowest BCUT2D eigenvalue weighted by Crippen LogP contribution is -1.95. The molecule has 0 unspecified atom stereocenters. The number of nitrogens with zero attached hydrogens (tertiary/aromatic N) is 3. The predicted molar refractivity (Wildman–Crippen MR) is 72.6 cm³/mol. The van der Waals surface area contributed by atoms with Crippen LogP contribution in [0.25, 0.3) is 16.9 Å². The van der Waals surface area contributed by atoms with Crippen LogP contribution in [0.2, 0.25) is 5.02 Å². The van der Waals surface area contributed by atoms with E-state index >= 15 is 0 Å². The fraction of sp³-hybridized carbons (Fsp3) is 0.0769. The van der Waals surface area contributed by atoms with Crippen molar-refractivity contribution in [3.8, 4) is 11.3 Å². The number of fused-ring (bicyclic) bond motifs is 1. The maximum atomic E-state index is 6.18. The second kappa shape index (κ2) is 3.99. The van der Waals surface area contributed by atoms with Gasteiger partial charge in [-0.15, -0.1) is 0 Å². The Labute approximate surface area is 109 Å². The molecule has 3 rings (SSSR count). The number of aryl methyl sites for hydroxylation is 1. The van der Waals surface area contributed by atoms with Crippen molar-refractivity contribution in [1.29, 1.82) is 0 Å². The molecule has 0 aliphatic heterocycles. The van der Waals surface area contributed by atoms with Crippen LogP contribution in [-0.4, -0.2) is 14.4 Å². The topological polar surface area (TPSA) is 56.2 Å². The Bertz CT molecular complexity index is 719. The average Bonchev–Trinajstić information content (AvgIpc) is 2.69. The van der Waals surface area contributed by atoms with Crippen molar-refractivity contribution < 1.29 is 0 Å². The minimum atomic E-state index is 0.585. The molecule has 0 saturated heterocycles. The van der Waals surface area contributed by atoms with Crippen LogP contribution in [0, 0.1) is 6.92 Å². The maximum Gasteiger partial charge on any atom is 0.157 e. The summed E-state index contributed by atoms with van der Waals surface area (Å²) in [6.07, 6.45) is 5.35. The van der Waals surface area contributed by atoms with Crippen molar-refractivity contribution in [2.45, 2.75) is 6.92 Å². The van der Waals surface area contributed by atoms with Crippen molar-refractivity contribution in [3.63, 3.8) is 0 Å².